The monoisotopic (exact) mass is 250 g/mol. The standard InChI is InChI=1S/C15H22O3/c1-9-6-11(15(3,4)5)7-10(2)14(9)12(16)8-13(17)18/h6-7,12,16H,8H2,1-5H3,(H,17,18). The van der Waals surface area contributed by atoms with Crippen LogP contribution in [-0.4, -0.2) is 16.2 Å². The lowest BCUT2D eigenvalue weighted by atomic mass is 9.83. The van der Waals surface area contributed by atoms with Crippen molar-refractivity contribution in [1.29, 1.82) is 0 Å². The van der Waals surface area contributed by atoms with E-state index in [-0.39, 0.29) is 11.8 Å². The first-order valence-electron chi connectivity index (χ1n) is 6.14. The quantitative estimate of drug-likeness (QED) is 0.866. The Balaban J connectivity index is 3.20. The minimum absolute atomic E-state index is 0.0474. The molecular weight excluding hydrogens is 228 g/mol. The van der Waals surface area contributed by atoms with Gasteiger partial charge < -0.3 is 10.2 Å². The minimum atomic E-state index is -0.985. The van der Waals surface area contributed by atoms with Crippen molar-refractivity contribution in [3.05, 3.63) is 34.4 Å². The van der Waals surface area contributed by atoms with E-state index in [0.717, 1.165) is 16.7 Å². The van der Waals surface area contributed by atoms with E-state index < -0.39 is 12.1 Å². The molecule has 0 amide bonds. The van der Waals surface area contributed by atoms with Crippen LogP contribution in [0.2, 0.25) is 0 Å². The average Bonchev–Trinajstić information content (AvgIpc) is 2.13. The number of hydrogen-bond donors (Lipinski definition) is 2. The van der Waals surface area contributed by atoms with E-state index in [1.54, 1.807) is 0 Å². The largest absolute Gasteiger partial charge is 0.481 e. The summed E-state index contributed by atoms with van der Waals surface area (Å²) in [6, 6.07) is 4.07. The van der Waals surface area contributed by atoms with Gasteiger partial charge in [0.2, 0.25) is 0 Å². The maximum Gasteiger partial charge on any atom is 0.306 e. The van der Waals surface area contributed by atoms with Crippen molar-refractivity contribution < 1.29 is 15.0 Å². The summed E-state index contributed by atoms with van der Waals surface area (Å²) in [7, 11) is 0. The number of carbonyl (C=O) groups is 1. The molecule has 0 aromatic heterocycles. The zero-order valence-electron chi connectivity index (χ0n) is 11.7. The van der Waals surface area contributed by atoms with Crippen LogP contribution >= 0.6 is 0 Å². The number of aliphatic hydroxyl groups is 1. The van der Waals surface area contributed by atoms with Crippen molar-refractivity contribution >= 4 is 5.97 Å². The van der Waals surface area contributed by atoms with Gasteiger partial charge in [0.15, 0.2) is 0 Å². The molecule has 1 atom stereocenters. The highest BCUT2D eigenvalue weighted by Crippen LogP contribution is 2.30. The van der Waals surface area contributed by atoms with Crippen molar-refractivity contribution in [2.75, 3.05) is 0 Å². The maximum atomic E-state index is 10.7. The van der Waals surface area contributed by atoms with Crippen molar-refractivity contribution in [2.45, 2.75) is 52.6 Å². The van der Waals surface area contributed by atoms with E-state index in [0.29, 0.717) is 0 Å². The highest BCUT2D eigenvalue weighted by atomic mass is 16.4. The SMILES string of the molecule is Cc1cc(C(C)(C)C)cc(C)c1C(O)CC(=O)O. The predicted octanol–water partition coefficient (Wildman–Crippen LogP) is 3.11. The molecular formula is C15H22O3. The zero-order valence-corrected chi connectivity index (χ0v) is 11.7. The van der Waals surface area contributed by atoms with Crippen LogP contribution in [0.5, 0.6) is 0 Å². The lowest BCUT2D eigenvalue weighted by Crippen LogP contribution is -2.14. The van der Waals surface area contributed by atoms with E-state index in [2.05, 4.69) is 20.8 Å². The van der Waals surface area contributed by atoms with Crippen LogP contribution in [0, 0.1) is 13.8 Å². The van der Waals surface area contributed by atoms with Gasteiger partial charge in [0.05, 0.1) is 12.5 Å². The average molecular weight is 250 g/mol. The van der Waals surface area contributed by atoms with E-state index >= 15 is 0 Å². The van der Waals surface area contributed by atoms with E-state index in [1.807, 2.05) is 26.0 Å². The van der Waals surface area contributed by atoms with Gasteiger partial charge in [-0.2, -0.15) is 0 Å². The normalized spacial score (nSPS) is 13.4. The van der Waals surface area contributed by atoms with Gasteiger partial charge in [-0.25, -0.2) is 0 Å². The molecule has 1 aromatic carbocycles. The van der Waals surface area contributed by atoms with Crippen LogP contribution in [0.15, 0.2) is 12.1 Å². The van der Waals surface area contributed by atoms with Crippen LogP contribution in [0.1, 0.15) is 55.5 Å². The van der Waals surface area contributed by atoms with Crippen molar-refractivity contribution in [3.8, 4) is 0 Å². The third-order valence-corrected chi connectivity index (χ3v) is 3.16. The zero-order chi connectivity index (χ0) is 14.1. The van der Waals surface area contributed by atoms with Gasteiger partial charge in [0.1, 0.15) is 0 Å². The number of benzene rings is 1. The highest BCUT2D eigenvalue weighted by Gasteiger charge is 2.20. The smallest absolute Gasteiger partial charge is 0.306 e. The second-order valence-corrected chi connectivity index (χ2v) is 5.89. The Morgan fingerprint density at radius 2 is 1.67 bits per heavy atom. The summed E-state index contributed by atoms with van der Waals surface area (Å²) in [6.07, 6.45) is -1.19. The molecule has 0 saturated carbocycles. The number of rotatable bonds is 3. The summed E-state index contributed by atoms with van der Waals surface area (Å²) in [5.74, 6) is -0.985. The fourth-order valence-corrected chi connectivity index (χ4v) is 2.20. The number of aryl methyl sites for hydroxylation is 2. The number of aliphatic carboxylic acids is 1. The van der Waals surface area contributed by atoms with Crippen LogP contribution < -0.4 is 0 Å². The number of carboxylic acids is 1. The first-order valence-corrected chi connectivity index (χ1v) is 6.14. The maximum absolute atomic E-state index is 10.7. The fourth-order valence-electron chi connectivity index (χ4n) is 2.20. The molecule has 3 nitrogen and oxygen atoms in total. The molecule has 0 aliphatic rings. The predicted molar refractivity (Wildman–Crippen MR) is 71.8 cm³/mol. The lowest BCUT2D eigenvalue weighted by molar-refractivity contribution is -0.139. The molecule has 0 spiro atoms. The molecule has 0 fully saturated rings. The summed E-state index contributed by atoms with van der Waals surface area (Å²) >= 11 is 0. The number of hydrogen-bond acceptors (Lipinski definition) is 2. The van der Waals surface area contributed by atoms with E-state index in [4.69, 9.17) is 5.11 Å². The van der Waals surface area contributed by atoms with Gasteiger partial charge in [-0.05, 0) is 41.5 Å². The molecule has 3 heteroatoms. The number of carboxylic acid groups (broad SMARTS) is 1. The summed E-state index contributed by atoms with van der Waals surface area (Å²) in [5, 5.41) is 18.7. The Morgan fingerprint density at radius 1 is 1.22 bits per heavy atom. The minimum Gasteiger partial charge on any atom is -0.481 e. The Morgan fingerprint density at radius 3 is 2.00 bits per heavy atom. The van der Waals surface area contributed by atoms with Gasteiger partial charge in [0.25, 0.3) is 0 Å². The Hall–Kier alpha value is -1.35. The molecule has 0 aliphatic heterocycles. The van der Waals surface area contributed by atoms with Gasteiger partial charge in [-0.3, -0.25) is 4.79 Å². The summed E-state index contributed by atoms with van der Waals surface area (Å²) in [4.78, 5) is 10.7. The van der Waals surface area contributed by atoms with Crippen LogP contribution in [0.4, 0.5) is 0 Å². The topological polar surface area (TPSA) is 57.5 Å². The highest BCUT2D eigenvalue weighted by molar-refractivity contribution is 5.68. The molecule has 0 aliphatic carbocycles. The molecule has 100 valence electrons. The summed E-state index contributed by atoms with van der Waals surface area (Å²) in [6.45, 7) is 10.2. The Kier molecular flexibility index (Phi) is 4.17. The van der Waals surface area contributed by atoms with Crippen molar-refractivity contribution in [2.24, 2.45) is 0 Å². The van der Waals surface area contributed by atoms with Crippen molar-refractivity contribution in [3.63, 3.8) is 0 Å². The van der Waals surface area contributed by atoms with Gasteiger partial charge in [0, 0.05) is 0 Å². The van der Waals surface area contributed by atoms with E-state index in [9.17, 15) is 9.90 Å². The Labute approximate surface area is 108 Å². The van der Waals surface area contributed by atoms with Crippen LogP contribution in [0.3, 0.4) is 0 Å². The van der Waals surface area contributed by atoms with Gasteiger partial charge in [-0.1, -0.05) is 32.9 Å². The number of aliphatic hydroxyl groups excluding tert-OH is 1. The molecule has 1 rings (SSSR count). The molecule has 0 bridgehead atoms. The second-order valence-electron chi connectivity index (χ2n) is 5.89. The van der Waals surface area contributed by atoms with Crippen LogP contribution in [0.25, 0.3) is 0 Å². The summed E-state index contributed by atoms with van der Waals surface area (Å²) in [5.41, 5.74) is 3.89. The third-order valence-electron chi connectivity index (χ3n) is 3.16. The molecule has 0 saturated heterocycles. The molecule has 18 heavy (non-hydrogen) atoms. The third kappa shape index (κ3) is 3.33. The van der Waals surface area contributed by atoms with Gasteiger partial charge in [-0.15, -0.1) is 0 Å². The first-order chi connectivity index (χ1) is 8.12. The molecule has 2 N–H and O–H groups in total. The lowest BCUT2D eigenvalue weighted by Gasteiger charge is -2.23. The molecule has 1 aromatic rings. The van der Waals surface area contributed by atoms with Gasteiger partial charge >= 0.3 is 5.97 Å². The van der Waals surface area contributed by atoms with Crippen molar-refractivity contribution in [1.82, 2.24) is 0 Å². The molecule has 1 unspecified atom stereocenters. The first kappa shape index (κ1) is 14.7. The summed E-state index contributed by atoms with van der Waals surface area (Å²) < 4.78 is 0. The Bertz CT molecular complexity index is 432. The molecule has 0 radical (unpaired) electrons. The van der Waals surface area contributed by atoms with Crippen LogP contribution in [-0.2, 0) is 10.2 Å². The second kappa shape index (κ2) is 5.11. The molecule has 0 heterocycles. The van der Waals surface area contributed by atoms with E-state index in [1.165, 1.54) is 5.56 Å². The fraction of sp³-hybridized carbons (Fsp3) is 0.533.